The highest BCUT2D eigenvalue weighted by atomic mass is 16.5. The van der Waals surface area contributed by atoms with Crippen molar-refractivity contribution < 1.29 is 14.6 Å². The highest BCUT2D eigenvalue weighted by Crippen LogP contribution is 2.18. The van der Waals surface area contributed by atoms with E-state index >= 15 is 0 Å². The molecule has 5 heteroatoms. The van der Waals surface area contributed by atoms with Crippen LogP contribution in [-0.4, -0.2) is 33.1 Å². The molecule has 0 saturated carbocycles. The summed E-state index contributed by atoms with van der Waals surface area (Å²) in [7, 11) is 0. The number of hydrogen-bond donors (Lipinski definition) is 1. The van der Waals surface area contributed by atoms with Crippen molar-refractivity contribution in [2.24, 2.45) is 5.41 Å². The Labute approximate surface area is 126 Å². The molecule has 0 aliphatic carbocycles. The summed E-state index contributed by atoms with van der Waals surface area (Å²) in [6.07, 6.45) is 2.48. The number of carbonyl (C=O) groups excluding carboxylic acids is 1. The Morgan fingerprint density at radius 1 is 1.19 bits per heavy atom. The minimum absolute atomic E-state index is 0.112. The number of hydrogen-bond acceptors (Lipinski definition) is 5. The van der Waals surface area contributed by atoms with Crippen LogP contribution in [0.4, 0.5) is 0 Å². The lowest BCUT2D eigenvalue weighted by atomic mass is 9.88. The molecule has 5 nitrogen and oxygen atoms in total. The van der Waals surface area contributed by atoms with Crippen LogP contribution in [0.25, 0.3) is 0 Å². The van der Waals surface area contributed by atoms with Crippen LogP contribution in [0.15, 0.2) is 12.4 Å². The molecule has 0 bridgehead atoms. The van der Waals surface area contributed by atoms with Gasteiger partial charge in [0.2, 0.25) is 0 Å². The summed E-state index contributed by atoms with van der Waals surface area (Å²) in [5.74, 6) is 0.112. The summed E-state index contributed by atoms with van der Waals surface area (Å²) in [6, 6.07) is 0. The SMILES string of the molecule is CC(C)(C)OC[C@@H](O)c1cnc(CC(=O)C(C)(C)C)cn1. The molecule has 1 atom stereocenters. The third-order valence-electron chi connectivity index (χ3n) is 2.92. The van der Waals surface area contributed by atoms with Crippen LogP contribution in [0.1, 0.15) is 59.0 Å². The van der Waals surface area contributed by atoms with E-state index in [2.05, 4.69) is 9.97 Å². The maximum Gasteiger partial charge on any atom is 0.144 e. The Balaban J connectivity index is 2.64. The summed E-state index contributed by atoms with van der Waals surface area (Å²) in [5.41, 5.74) is 0.363. The maximum absolute atomic E-state index is 11.9. The van der Waals surface area contributed by atoms with Crippen molar-refractivity contribution in [1.82, 2.24) is 9.97 Å². The summed E-state index contributed by atoms with van der Waals surface area (Å²) in [5, 5.41) is 9.99. The molecule has 0 amide bonds. The fraction of sp³-hybridized carbons (Fsp3) is 0.688. The fourth-order valence-corrected chi connectivity index (χ4v) is 1.47. The van der Waals surface area contributed by atoms with Crippen molar-refractivity contribution in [3.63, 3.8) is 0 Å². The molecular weight excluding hydrogens is 268 g/mol. The quantitative estimate of drug-likeness (QED) is 0.903. The third kappa shape index (κ3) is 6.31. The molecule has 0 aliphatic heterocycles. The molecule has 1 N–H and O–H groups in total. The number of aliphatic hydroxyl groups is 1. The normalized spacial score (nSPS) is 14.0. The molecule has 1 rings (SSSR count). The van der Waals surface area contributed by atoms with Crippen LogP contribution < -0.4 is 0 Å². The number of aliphatic hydroxyl groups excluding tert-OH is 1. The van der Waals surface area contributed by atoms with Gasteiger partial charge in [-0.2, -0.15) is 0 Å². The standard InChI is InChI=1S/C16H26N2O3/c1-15(2,3)14(20)7-11-8-18-12(9-17-11)13(19)10-21-16(4,5)6/h8-9,13,19H,7,10H2,1-6H3/t13-/m1/s1. The van der Waals surface area contributed by atoms with Crippen LogP contribution in [0.2, 0.25) is 0 Å². The van der Waals surface area contributed by atoms with Gasteiger partial charge < -0.3 is 9.84 Å². The number of carbonyl (C=O) groups is 1. The Hall–Kier alpha value is -1.33. The Morgan fingerprint density at radius 2 is 1.81 bits per heavy atom. The zero-order chi connectivity index (χ0) is 16.3. The minimum Gasteiger partial charge on any atom is -0.384 e. The van der Waals surface area contributed by atoms with E-state index in [0.717, 1.165) is 0 Å². The number of ether oxygens (including phenoxy) is 1. The number of aromatic nitrogens is 2. The predicted octanol–water partition coefficient (Wildman–Crippen LogP) is 2.48. The number of rotatable bonds is 5. The average Bonchev–Trinajstić information content (AvgIpc) is 2.35. The lowest BCUT2D eigenvalue weighted by Gasteiger charge is -2.21. The van der Waals surface area contributed by atoms with Crippen molar-refractivity contribution in [2.75, 3.05) is 6.61 Å². The van der Waals surface area contributed by atoms with Crippen molar-refractivity contribution in [3.8, 4) is 0 Å². The van der Waals surface area contributed by atoms with Crippen LogP contribution in [-0.2, 0) is 16.0 Å². The molecule has 1 aromatic heterocycles. The van der Waals surface area contributed by atoms with Crippen molar-refractivity contribution in [1.29, 1.82) is 0 Å². The molecule has 0 spiro atoms. The molecule has 1 heterocycles. The lowest BCUT2D eigenvalue weighted by Crippen LogP contribution is -2.24. The monoisotopic (exact) mass is 294 g/mol. The van der Waals surface area contributed by atoms with Crippen LogP contribution in [0.5, 0.6) is 0 Å². The summed E-state index contributed by atoms with van der Waals surface area (Å²) >= 11 is 0. The van der Waals surface area contributed by atoms with Crippen LogP contribution >= 0.6 is 0 Å². The van der Waals surface area contributed by atoms with E-state index in [1.165, 1.54) is 6.20 Å². The van der Waals surface area contributed by atoms with E-state index in [0.29, 0.717) is 11.4 Å². The van der Waals surface area contributed by atoms with Gasteiger partial charge in [-0.25, -0.2) is 0 Å². The molecule has 0 saturated heterocycles. The van der Waals surface area contributed by atoms with Crippen molar-refractivity contribution in [3.05, 3.63) is 23.8 Å². The van der Waals surface area contributed by atoms with Crippen molar-refractivity contribution in [2.45, 2.75) is 59.7 Å². The third-order valence-corrected chi connectivity index (χ3v) is 2.92. The van der Waals surface area contributed by atoms with Gasteiger partial charge in [0.05, 0.1) is 36.2 Å². The van der Waals surface area contributed by atoms with Gasteiger partial charge in [0.25, 0.3) is 0 Å². The largest absolute Gasteiger partial charge is 0.384 e. The number of Topliss-reactive ketones (excluding diaryl/α,β-unsaturated/α-hetero) is 1. The minimum atomic E-state index is -0.816. The zero-order valence-corrected chi connectivity index (χ0v) is 13.8. The molecule has 21 heavy (non-hydrogen) atoms. The maximum atomic E-state index is 11.9. The Bertz CT molecular complexity index is 470. The van der Waals surface area contributed by atoms with Crippen LogP contribution in [0.3, 0.4) is 0 Å². The van der Waals surface area contributed by atoms with Gasteiger partial charge in [-0.1, -0.05) is 20.8 Å². The average molecular weight is 294 g/mol. The predicted molar refractivity (Wildman–Crippen MR) is 80.9 cm³/mol. The van der Waals surface area contributed by atoms with Gasteiger partial charge in [0.1, 0.15) is 11.9 Å². The van der Waals surface area contributed by atoms with Gasteiger partial charge in [0.15, 0.2) is 0 Å². The first-order valence-corrected chi connectivity index (χ1v) is 7.15. The highest BCUT2D eigenvalue weighted by molar-refractivity contribution is 5.85. The zero-order valence-electron chi connectivity index (χ0n) is 13.8. The molecule has 1 aromatic rings. The van der Waals surface area contributed by atoms with Gasteiger partial charge in [-0.05, 0) is 20.8 Å². The first kappa shape index (κ1) is 17.7. The van der Waals surface area contributed by atoms with Gasteiger partial charge in [-0.3, -0.25) is 14.8 Å². The van der Waals surface area contributed by atoms with Crippen molar-refractivity contribution >= 4 is 5.78 Å². The molecule has 0 unspecified atom stereocenters. The fourth-order valence-electron chi connectivity index (χ4n) is 1.47. The lowest BCUT2D eigenvalue weighted by molar-refractivity contribution is -0.125. The van der Waals surface area contributed by atoms with E-state index in [1.54, 1.807) is 6.20 Å². The molecule has 0 fully saturated rings. The van der Waals surface area contributed by atoms with E-state index in [9.17, 15) is 9.90 Å². The topological polar surface area (TPSA) is 72.3 Å². The van der Waals surface area contributed by atoms with Crippen LogP contribution in [0, 0.1) is 5.41 Å². The van der Waals surface area contributed by atoms with E-state index in [1.807, 2.05) is 41.5 Å². The van der Waals surface area contributed by atoms with E-state index in [-0.39, 0.29) is 29.8 Å². The number of nitrogens with zero attached hydrogens (tertiary/aromatic N) is 2. The smallest absolute Gasteiger partial charge is 0.144 e. The second-order valence-electron chi connectivity index (χ2n) is 7.22. The van der Waals surface area contributed by atoms with Gasteiger partial charge in [-0.15, -0.1) is 0 Å². The first-order chi connectivity index (χ1) is 9.49. The molecular formula is C16H26N2O3. The second-order valence-corrected chi connectivity index (χ2v) is 7.22. The molecule has 0 aromatic carbocycles. The summed E-state index contributed by atoms with van der Waals surface area (Å²) in [4.78, 5) is 20.3. The van der Waals surface area contributed by atoms with Gasteiger partial charge >= 0.3 is 0 Å². The van der Waals surface area contributed by atoms with E-state index < -0.39 is 6.10 Å². The molecule has 0 radical (unpaired) electrons. The Morgan fingerprint density at radius 3 is 2.24 bits per heavy atom. The molecule has 118 valence electrons. The second kappa shape index (κ2) is 6.62. The Kier molecular flexibility index (Phi) is 5.59. The highest BCUT2D eigenvalue weighted by Gasteiger charge is 2.22. The first-order valence-electron chi connectivity index (χ1n) is 7.15. The van der Waals surface area contributed by atoms with Gasteiger partial charge in [0, 0.05) is 11.6 Å². The van der Waals surface area contributed by atoms with E-state index in [4.69, 9.17) is 4.74 Å². The summed E-state index contributed by atoms with van der Waals surface area (Å²) < 4.78 is 5.51. The molecule has 0 aliphatic rings. The number of ketones is 1. The summed E-state index contributed by atoms with van der Waals surface area (Å²) in [6.45, 7) is 11.6.